The number of esters is 1. The van der Waals surface area contributed by atoms with E-state index in [1.54, 1.807) is 6.92 Å². The van der Waals surface area contributed by atoms with Gasteiger partial charge in [0, 0.05) is 11.6 Å². The maximum Gasteiger partial charge on any atom is 0.311 e. The molecule has 0 aliphatic rings. The van der Waals surface area contributed by atoms with E-state index in [1.165, 1.54) is 6.92 Å². The van der Waals surface area contributed by atoms with Crippen LogP contribution in [0, 0.1) is 12.9 Å². The van der Waals surface area contributed by atoms with E-state index in [9.17, 15) is 18.0 Å². The van der Waals surface area contributed by atoms with Crippen molar-refractivity contribution in [3.05, 3.63) is 28.8 Å². The van der Waals surface area contributed by atoms with E-state index in [2.05, 4.69) is 9.72 Å². The summed E-state index contributed by atoms with van der Waals surface area (Å²) in [5, 5.41) is 0. The van der Waals surface area contributed by atoms with E-state index < -0.39 is 23.9 Å². The first-order valence-corrected chi connectivity index (χ1v) is 5.05. The number of hydrogen-bond donors (Lipinski definition) is 0. The van der Waals surface area contributed by atoms with Crippen molar-refractivity contribution in [3.8, 4) is 0 Å². The number of halogens is 3. The number of carbonyl (C=O) groups is 1. The Morgan fingerprint density at radius 1 is 1.53 bits per heavy atom. The molecule has 0 aromatic carbocycles. The van der Waals surface area contributed by atoms with Crippen LogP contribution in [0.1, 0.15) is 30.2 Å². The number of alkyl halides is 2. The average molecular weight is 247 g/mol. The molecule has 0 atom stereocenters. The SMILES string of the molecule is CCOC(=O)Cc1nc(F)cc(C(F)F)c1C. The molecule has 3 nitrogen and oxygen atoms in total. The van der Waals surface area contributed by atoms with Crippen LogP contribution in [-0.4, -0.2) is 17.6 Å². The third-order valence-electron chi connectivity index (χ3n) is 2.23. The van der Waals surface area contributed by atoms with Gasteiger partial charge < -0.3 is 4.74 Å². The Morgan fingerprint density at radius 3 is 2.71 bits per heavy atom. The highest BCUT2D eigenvalue weighted by Gasteiger charge is 2.18. The fourth-order valence-corrected chi connectivity index (χ4v) is 1.40. The molecule has 0 radical (unpaired) electrons. The molecule has 0 saturated carbocycles. The van der Waals surface area contributed by atoms with Crippen LogP contribution in [0.4, 0.5) is 13.2 Å². The Morgan fingerprint density at radius 2 is 2.18 bits per heavy atom. The second-order valence-corrected chi connectivity index (χ2v) is 3.39. The van der Waals surface area contributed by atoms with E-state index in [0.29, 0.717) is 6.07 Å². The average Bonchev–Trinajstić information content (AvgIpc) is 2.22. The molecule has 0 bridgehead atoms. The van der Waals surface area contributed by atoms with Gasteiger partial charge in [0.2, 0.25) is 5.95 Å². The maximum absolute atomic E-state index is 13.0. The molecule has 0 fully saturated rings. The zero-order chi connectivity index (χ0) is 13.0. The number of rotatable bonds is 4. The molecule has 0 N–H and O–H groups in total. The molecule has 0 unspecified atom stereocenters. The summed E-state index contributed by atoms with van der Waals surface area (Å²) in [6.45, 7) is 3.17. The second-order valence-electron chi connectivity index (χ2n) is 3.39. The van der Waals surface area contributed by atoms with Crippen LogP contribution in [0.2, 0.25) is 0 Å². The normalized spacial score (nSPS) is 10.7. The minimum Gasteiger partial charge on any atom is -0.466 e. The topological polar surface area (TPSA) is 39.2 Å². The Bertz CT molecular complexity index is 421. The molecule has 1 heterocycles. The molecule has 6 heteroatoms. The predicted molar refractivity (Wildman–Crippen MR) is 54.2 cm³/mol. The van der Waals surface area contributed by atoms with Gasteiger partial charge in [-0.15, -0.1) is 0 Å². The van der Waals surface area contributed by atoms with Crippen molar-refractivity contribution in [1.82, 2.24) is 4.98 Å². The van der Waals surface area contributed by atoms with Crippen LogP contribution in [0.25, 0.3) is 0 Å². The molecule has 0 spiro atoms. The minimum atomic E-state index is -2.80. The summed E-state index contributed by atoms with van der Waals surface area (Å²) in [5.74, 6) is -1.64. The van der Waals surface area contributed by atoms with Crippen LogP contribution >= 0.6 is 0 Å². The first kappa shape index (κ1) is 13.5. The Balaban J connectivity index is 3.03. The van der Waals surface area contributed by atoms with E-state index in [-0.39, 0.29) is 24.3 Å². The van der Waals surface area contributed by atoms with Crippen LogP contribution in [-0.2, 0) is 16.0 Å². The van der Waals surface area contributed by atoms with Crippen molar-refractivity contribution in [1.29, 1.82) is 0 Å². The zero-order valence-electron chi connectivity index (χ0n) is 9.47. The Labute approximate surface area is 96.6 Å². The van der Waals surface area contributed by atoms with E-state index in [4.69, 9.17) is 0 Å². The summed E-state index contributed by atoms with van der Waals surface area (Å²) >= 11 is 0. The van der Waals surface area contributed by atoms with Crippen LogP contribution in [0.3, 0.4) is 0 Å². The summed E-state index contributed by atoms with van der Waals surface area (Å²) in [5.41, 5.74) is -0.343. The van der Waals surface area contributed by atoms with Gasteiger partial charge in [-0.05, 0) is 19.4 Å². The van der Waals surface area contributed by atoms with Gasteiger partial charge in [-0.3, -0.25) is 4.79 Å². The number of carbonyl (C=O) groups excluding carboxylic acids is 1. The van der Waals surface area contributed by atoms with Gasteiger partial charge in [0.25, 0.3) is 6.43 Å². The molecular weight excluding hydrogens is 235 g/mol. The molecule has 1 aromatic rings. The summed E-state index contributed by atoms with van der Waals surface area (Å²) in [6, 6.07) is 0.675. The molecule has 0 saturated heterocycles. The van der Waals surface area contributed by atoms with Gasteiger partial charge in [0.15, 0.2) is 0 Å². The van der Waals surface area contributed by atoms with Crippen LogP contribution < -0.4 is 0 Å². The van der Waals surface area contributed by atoms with Gasteiger partial charge in [-0.25, -0.2) is 13.8 Å². The number of ether oxygens (including phenoxy) is 1. The third kappa shape index (κ3) is 3.44. The predicted octanol–water partition coefficient (Wildman–Crippen LogP) is 2.57. The van der Waals surface area contributed by atoms with E-state index in [0.717, 1.165) is 0 Å². The van der Waals surface area contributed by atoms with Crippen molar-refractivity contribution in [2.75, 3.05) is 6.61 Å². The molecule has 1 rings (SSSR count). The molecule has 0 aliphatic heterocycles. The van der Waals surface area contributed by atoms with Crippen molar-refractivity contribution in [3.63, 3.8) is 0 Å². The number of pyridine rings is 1. The molecule has 17 heavy (non-hydrogen) atoms. The lowest BCUT2D eigenvalue weighted by atomic mass is 10.1. The minimum absolute atomic E-state index is 0.0150. The van der Waals surface area contributed by atoms with E-state index >= 15 is 0 Å². The highest BCUT2D eigenvalue weighted by molar-refractivity contribution is 5.72. The lowest BCUT2D eigenvalue weighted by Gasteiger charge is -2.09. The van der Waals surface area contributed by atoms with Gasteiger partial charge in [0.1, 0.15) is 0 Å². The van der Waals surface area contributed by atoms with Crippen molar-refractivity contribution in [2.24, 2.45) is 0 Å². The fraction of sp³-hybridized carbons (Fsp3) is 0.455. The van der Waals surface area contributed by atoms with Crippen LogP contribution in [0.15, 0.2) is 6.07 Å². The fourth-order valence-electron chi connectivity index (χ4n) is 1.40. The molecule has 1 aromatic heterocycles. The van der Waals surface area contributed by atoms with Gasteiger partial charge >= 0.3 is 5.97 Å². The molecule has 94 valence electrons. The highest BCUT2D eigenvalue weighted by Crippen LogP contribution is 2.25. The summed E-state index contributed by atoms with van der Waals surface area (Å²) in [4.78, 5) is 14.6. The maximum atomic E-state index is 13.0. The second kappa shape index (κ2) is 5.65. The molecule has 0 aliphatic carbocycles. The van der Waals surface area contributed by atoms with Gasteiger partial charge in [-0.2, -0.15) is 4.39 Å². The first-order valence-electron chi connectivity index (χ1n) is 5.05. The van der Waals surface area contributed by atoms with E-state index in [1.807, 2.05) is 0 Å². The van der Waals surface area contributed by atoms with Crippen molar-refractivity contribution in [2.45, 2.75) is 26.7 Å². The van der Waals surface area contributed by atoms with Crippen LogP contribution in [0.5, 0.6) is 0 Å². The lowest BCUT2D eigenvalue weighted by Crippen LogP contribution is -2.12. The number of aromatic nitrogens is 1. The summed E-state index contributed by atoms with van der Waals surface area (Å²) in [7, 11) is 0. The zero-order valence-corrected chi connectivity index (χ0v) is 9.47. The van der Waals surface area contributed by atoms with Crippen molar-refractivity contribution >= 4 is 5.97 Å². The van der Waals surface area contributed by atoms with Gasteiger partial charge in [-0.1, -0.05) is 0 Å². The number of hydrogen-bond acceptors (Lipinski definition) is 3. The largest absolute Gasteiger partial charge is 0.466 e. The standard InChI is InChI=1S/C11H12F3NO2/c1-3-17-10(16)5-8-6(2)7(11(13)14)4-9(12)15-8/h4,11H,3,5H2,1-2H3. The third-order valence-corrected chi connectivity index (χ3v) is 2.23. The van der Waals surface area contributed by atoms with Gasteiger partial charge in [0.05, 0.1) is 18.7 Å². The van der Waals surface area contributed by atoms with Crippen molar-refractivity contribution < 1.29 is 22.7 Å². The first-order chi connectivity index (χ1) is 7.95. The Hall–Kier alpha value is -1.59. The quantitative estimate of drug-likeness (QED) is 0.606. The molecular formula is C11H12F3NO2. The number of nitrogens with zero attached hydrogens (tertiary/aromatic N) is 1. The smallest absolute Gasteiger partial charge is 0.311 e. The highest BCUT2D eigenvalue weighted by atomic mass is 19.3. The monoisotopic (exact) mass is 247 g/mol. The molecule has 0 amide bonds. The lowest BCUT2D eigenvalue weighted by molar-refractivity contribution is -0.142. The Kier molecular flexibility index (Phi) is 4.48. The summed E-state index contributed by atoms with van der Waals surface area (Å²) in [6.07, 6.45) is -3.11. The summed E-state index contributed by atoms with van der Waals surface area (Å²) < 4.78 is 42.8.